The third-order valence-electron chi connectivity index (χ3n) is 3.39. The van der Waals surface area contributed by atoms with Gasteiger partial charge in [0.25, 0.3) is 0 Å². The first-order chi connectivity index (χ1) is 7.69. The van der Waals surface area contributed by atoms with E-state index in [1.165, 1.54) is 0 Å². The average molecular weight is 233 g/mol. The van der Waals surface area contributed by atoms with Gasteiger partial charge in [-0.15, -0.1) is 0 Å². The third kappa shape index (κ3) is 2.49. The number of fused-ring (bicyclic) bond motifs is 1. The second kappa shape index (κ2) is 3.77. The maximum atomic E-state index is 6.20. The molecule has 1 aromatic heterocycles. The van der Waals surface area contributed by atoms with E-state index in [-0.39, 0.29) is 16.9 Å². The number of nitrogens with two attached hydrogens (primary N) is 1. The molecule has 0 radical (unpaired) electrons. The van der Waals surface area contributed by atoms with Crippen LogP contribution in [0.15, 0.2) is 6.20 Å². The molecule has 0 saturated heterocycles. The Kier molecular flexibility index (Phi) is 2.77. The quantitative estimate of drug-likeness (QED) is 0.749. The minimum atomic E-state index is 0.000710. The molecule has 1 heterocycles. The van der Waals surface area contributed by atoms with E-state index in [4.69, 9.17) is 10.7 Å². The number of hydrogen-bond donors (Lipinski definition) is 1. The number of nitrogens with zero attached hydrogens (tertiary/aromatic N) is 2. The topological polar surface area (TPSA) is 51.8 Å². The molecule has 0 fully saturated rings. The summed E-state index contributed by atoms with van der Waals surface area (Å²) in [5.41, 5.74) is 8.73. The van der Waals surface area contributed by atoms with Crippen molar-refractivity contribution in [3.63, 3.8) is 0 Å². The van der Waals surface area contributed by atoms with Gasteiger partial charge >= 0.3 is 0 Å². The molecule has 1 aliphatic rings. The largest absolute Gasteiger partial charge is 0.324 e. The molecule has 2 N–H and O–H groups in total. The fraction of sp³-hybridized carbons (Fsp3) is 0.714. The van der Waals surface area contributed by atoms with Crippen LogP contribution in [-0.2, 0) is 11.8 Å². The zero-order valence-electron chi connectivity index (χ0n) is 11.5. The van der Waals surface area contributed by atoms with Gasteiger partial charge in [0.1, 0.15) is 5.82 Å². The molecule has 1 atom stereocenters. The first kappa shape index (κ1) is 12.5. The molecule has 0 saturated carbocycles. The summed E-state index contributed by atoms with van der Waals surface area (Å²) < 4.78 is 0. The highest BCUT2D eigenvalue weighted by atomic mass is 14.9. The Morgan fingerprint density at radius 1 is 1.35 bits per heavy atom. The van der Waals surface area contributed by atoms with Crippen LogP contribution in [0.5, 0.6) is 0 Å². The van der Waals surface area contributed by atoms with Gasteiger partial charge in [-0.1, -0.05) is 34.6 Å². The van der Waals surface area contributed by atoms with Crippen LogP contribution in [-0.4, -0.2) is 9.97 Å². The zero-order chi connectivity index (χ0) is 12.8. The Morgan fingerprint density at radius 2 is 2.00 bits per heavy atom. The predicted molar refractivity (Wildman–Crippen MR) is 69.8 cm³/mol. The van der Waals surface area contributed by atoms with E-state index in [0.717, 1.165) is 29.9 Å². The normalized spacial score (nSPS) is 23.3. The third-order valence-corrected chi connectivity index (χ3v) is 3.39. The van der Waals surface area contributed by atoms with Crippen molar-refractivity contribution in [2.24, 2.45) is 11.1 Å². The molecule has 1 aliphatic carbocycles. The van der Waals surface area contributed by atoms with Gasteiger partial charge in [0.15, 0.2) is 0 Å². The van der Waals surface area contributed by atoms with Crippen molar-refractivity contribution in [1.29, 1.82) is 0 Å². The first-order valence-corrected chi connectivity index (χ1v) is 6.31. The summed E-state index contributed by atoms with van der Waals surface area (Å²) in [6.07, 6.45) is 3.95. The summed E-state index contributed by atoms with van der Waals surface area (Å²) in [7, 11) is 0. The van der Waals surface area contributed by atoms with E-state index < -0.39 is 0 Å². The van der Waals surface area contributed by atoms with Gasteiger partial charge in [0.2, 0.25) is 0 Å². The minimum absolute atomic E-state index is 0.000710. The standard InChI is InChI=1S/C14H23N3/c1-13(2,3)12-16-8-9-10(15)6-14(4,5)7-11(9)17-12/h8,10H,6-7,15H2,1-5H3/t10-/m1/s1. The summed E-state index contributed by atoms with van der Waals surface area (Å²) in [5.74, 6) is 0.918. The molecule has 0 unspecified atom stereocenters. The molecule has 94 valence electrons. The maximum Gasteiger partial charge on any atom is 0.133 e. The Hall–Kier alpha value is -0.960. The Labute approximate surface area is 104 Å². The lowest BCUT2D eigenvalue weighted by atomic mass is 9.74. The van der Waals surface area contributed by atoms with Crippen molar-refractivity contribution in [2.75, 3.05) is 0 Å². The van der Waals surface area contributed by atoms with Crippen LogP contribution in [0.4, 0.5) is 0 Å². The number of aromatic nitrogens is 2. The summed E-state index contributed by atoms with van der Waals surface area (Å²) in [6, 6.07) is 0.0859. The SMILES string of the molecule is CC1(C)Cc2nc(C(C)(C)C)ncc2[C@H](N)C1. The monoisotopic (exact) mass is 233 g/mol. The van der Waals surface area contributed by atoms with E-state index in [1.54, 1.807) is 0 Å². The van der Waals surface area contributed by atoms with Gasteiger partial charge in [-0.25, -0.2) is 9.97 Å². The van der Waals surface area contributed by atoms with Crippen molar-refractivity contribution >= 4 is 0 Å². The van der Waals surface area contributed by atoms with Crippen molar-refractivity contribution in [2.45, 2.75) is 58.9 Å². The second-order valence-corrected chi connectivity index (χ2v) is 7.00. The van der Waals surface area contributed by atoms with Gasteiger partial charge < -0.3 is 5.73 Å². The highest BCUT2D eigenvalue weighted by molar-refractivity contribution is 5.27. The predicted octanol–water partition coefficient (Wildman–Crippen LogP) is 2.75. The molecule has 0 amide bonds. The number of hydrogen-bond acceptors (Lipinski definition) is 3. The second-order valence-electron chi connectivity index (χ2n) is 7.00. The van der Waals surface area contributed by atoms with Crippen LogP contribution >= 0.6 is 0 Å². The molecule has 3 nitrogen and oxygen atoms in total. The Morgan fingerprint density at radius 3 is 2.59 bits per heavy atom. The van der Waals surface area contributed by atoms with Crippen LogP contribution in [0.3, 0.4) is 0 Å². The highest BCUT2D eigenvalue weighted by Gasteiger charge is 2.32. The van der Waals surface area contributed by atoms with E-state index in [0.29, 0.717) is 0 Å². The Bertz CT molecular complexity index is 430. The van der Waals surface area contributed by atoms with Crippen molar-refractivity contribution < 1.29 is 0 Å². The molecule has 2 rings (SSSR count). The van der Waals surface area contributed by atoms with Gasteiger partial charge in [-0.2, -0.15) is 0 Å². The van der Waals surface area contributed by atoms with Gasteiger partial charge in [-0.05, 0) is 18.3 Å². The molecular weight excluding hydrogens is 210 g/mol. The number of rotatable bonds is 0. The van der Waals surface area contributed by atoms with Gasteiger partial charge in [0, 0.05) is 28.9 Å². The summed E-state index contributed by atoms with van der Waals surface area (Å²) in [4.78, 5) is 9.21. The van der Waals surface area contributed by atoms with E-state index >= 15 is 0 Å². The lowest BCUT2D eigenvalue weighted by molar-refractivity contribution is 0.276. The molecule has 17 heavy (non-hydrogen) atoms. The average Bonchev–Trinajstić information content (AvgIpc) is 2.13. The summed E-state index contributed by atoms with van der Waals surface area (Å²) in [5, 5.41) is 0. The van der Waals surface area contributed by atoms with Crippen molar-refractivity contribution in [1.82, 2.24) is 9.97 Å². The smallest absolute Gasteiger partial charge is 0.133 e. The van der Waals surface area contributed by atoms with Gasteiger partial charge in [-0.3, -0.25) is 0 Å². The Balaban J connectivity index is 2.45. The first-order valence-electron chi connectivity index (χ1n) is 6.31. The molecule has 0 spiro atoms. The highest BCUT2D eigenvalue weighted by Crippen LogP contribution is 2.38. The zero-order valence-corrected chi connectivity index (χ0v) is 11.5. The molecule has 0 aromatic carbocycles. The lowest BCUT2D eigenvalue weighted by Crippen LogP contribution is -2.32. The van der Waals surface area contributed by atoms with Crippen LogP contribution in [0.1, 0.15) is 64.2 Å². The summed E-state index contributed by atoms with van der Waals surface area (Å²) in [6.45, 7) is 10.9. The van der Waals surface area contributed by atoms with Crippen molar-refractivity contribution in [3.8, 4) is 0 Å². The van der Waals surface area contributed by atoms with E-state index in [1.807, 2.05) is 6.20 Å². The fourth-order valence-corrected chi connectivity index (χ4v) is 2.47. The molecule has 3 heteroatoms. The van der Waals surface area contributed by atoms with E-state index in [2.05, 4.69) is 39.6 Å². The van der Waals surface area contributed by atoms with Crippen molar-refractivity contribution in [3.05, 3.63) is 23.3 Å². The molecule has 1 aromatic rings. The molecular formula is C14H23N3. The van der Waals surface area contributed by atoms with Crippen LogP contribution in [0.25, 0.3) is 0 Å². The van der Waals surface area contributed by atoms with Crippen LogP contribution < -0.4 is 5.73 Å². The summed E-state index contributed by atoms with van der Waals surface area (Å²) >= 11 is 0. The fourth-order valence-electron chi connectivity index (χ4n) is 2.47. The molecule has 0 bridgehead atoms. The minimum Gasteiger partial charge on any atom is -0.324 e. The van der Waals surface area contributed by atoms with Crippen LogP contribution in [0.2, 0.25) is 0 Å². The van der Waals surface area contributed by atoms with Crippen LogP contribution in [0, 0.1) is 5.41 Å². The van der Waals surface area contributed by atoms with Gasteiger partial charge in [0.05, 0.1) is 0 Å². The lowest BCUT2D eigenvalue weighted by Gasteiger charge is -2.35. The molecule has 0 aliphatic heterocycles. The maximum absolute atomic E-state index is 6.20. The van der Waals surface area contributed by atoms with E-state index in [9.17, 15) is 0 Å².